The lowest BCUT2D eigenvalue weighted by Gasteiger charge is -2.25. The Labute approximate surface area is 170 Å². The number of hydroxylamine groups is 2. The van der Waals surface area contributed by atoms with Gasteiger partial charge in [-0.2, -0.15) is 5.06 Å². The number of carbonyl (C=O) groups is 1. The second-order valence-electron chi connectivity index (χ2n) is 6.14. The number of hydrogen-bond donors (Lipinski definition) is 1. The van der Waals surface area contributed by atoms with E-state index < -0.39 is 25.4 Å². The Balaban J connectivity index is 2.17. The number of ether oxygens (including phenoxy) is 3. The minimum Gasteiger partial charge on any atom is -0.493 e. The van der Waals surface area contributed by atoms with Crippen LogP contribution in [0, 0.1) is 0 Å². The zero-order valence-corrected chi connectivity index (χ0v) is 18.5. The zero-order chi connectivity index (χ0) is 21.6. The van der Waals surface area contributed by atoms with Gasteiger partial charge in [-0.25, -0.2) is 0 Å². The van der Waals surface area contributed by atoms with Gasteiger partial charge in [0, 0.05) is 31.3 Å². The number of hydrogen-bond acceptors (Lipinski definition) is 9. The summed E-state index contributed by atoms with van der Waals surface area (Å²) < 4.78 is 39.7. The van der Waals surface area contributed by atoms with Crippen LogP contribution in [0.15, 0.2) is 12.1 Å². The Bertz CT molecular complexity index is 724. The monoisotopic (exact) mass is 432 g/mol. The van der Waals surface area contributed by atoms with E-state index in [2.05, 4.69) is 5.32 Å². The van der Waals surface area contributed by atoms with Gasteiger partial charge >= 0.3 is 7.60 Å². The molecule has 29 heavy (non-hydrogen) atoms. The second kappa shape index (κ2) is 10.3. The van der Waals surface area contributed by atoms with Crippen molar-refractivity contribution in [3.05, 3.63) is 12.1 Å². The lowest BCUT2D eigenvalue weighted by atomic mass is 10.2. The fourth-order valence-electron chi connectivity index (χ4n) is 3.08. The lowest BCUT2D eigenvalue weighted by molar-refractivity contribution is -0.155. The van der Waals surface area contributed by atoms with Crippen LogP contribution in [-0.4, -0.2) is 64.4 Å². The van der Waals surface area contributed by atoms with E-state index >= 15 is 0 Å². The van der Waals surface area contributed by atoms with Crippen molar-refractivity contribution in [1.82, 2.24) is 5.06 Å². The van der Waals surface area contributed by atoms with Crippen LogP contribution in [-0.2, 0) is 23.2 Å². The highest BCUT2D eigenvalue weighted by molar-refractivity contribution is 7.54. The molecule has 2 atom stereocenters. The van der Waals surface area contributed by atoms with Crippen molar-refractivity contribution < 1.29 is 37.5 Å². The molecule has 1 N–H and O–H groups in total. The van der Waals surface area contributed by atoms with Crippen LogP contribution >= 0.6 is 7.60 Å². The molecule has 10 nitrogen and oxygen atoms in total. The van der Waals surface area contributed by atoms with Gasteiger partial charge in [0.25, 0.3) is 5.91 Å². The molecule has 0 bridgehead atoms. The molecule has 1 aliphatic heterocycles. The highest BCUT2D eigenvalue weighted by Gasteiger charge is 2.48. The van der Waals surface area contributed by atoms with Crippen molar-refractivity contribution in [3.63, 3.8) is 0 Å². The molecule has 0 aliphatic carbocycles. The fraction of sp³-hybridized carbons (Fsp3) is 0.611. The van der Waals surface area contributed by atoms with E-state index in [1.807, 2.05) is 0 Å². The zero-order valence-electron chi connectivity index (χ0n) is 17.6. The number of nitrogens with zero attached hydrogens (tertiary/aromatic N) is 1. The predicted molar refractivity (Wildman–Crippen MR) is 107 cm³/mol. The van der Waals surface area contributed by atoms with Gasteiger partial charge in [0.1, 0.15) is 5.78 Å². The molecule has 0 spiro atoms. The molecule has 164 valence electrons. The van der Waals surface area contributed by atoms with E-state index in [1.54, 1.807) is 33.0 Å². The van der Waals surface area contributed by atoms with E-state index in [9.17, 15) is 9.36 Å². The molecule has 2 rings (SSSR count). The van der Waals surface area contributed by atoms with Crippen LogP contribution in [0.25, 0.3) is 0 Å². The first kappa shape index (κ1) is 23.4. The Morgan fingerprint density at radius 3 is 2.14 bits per heavy atom. The first-order valence-corrected chi connectivity index (χ1v) is 10.8. The summed E-state index contributed by atoms with van der Waals surface area (Å²) in [6.45, 7) is 3.92. The van der Waals surface area contributed by atoms with E-state index in [-0.39, 0.29) is 19.6 Å². The van der Waals surface area contributed by atoms with E-state index in [4.69, 9.17) is 28.1 Å². The maximum absolute atomic E-state index is 13.0. The highest BCUT2D eigenvalue weighted by Crippen LogP contribution is 2.57. The summed E-state index contributed by atoms with van der Waals surface area (Å²) >= 11 is 0. The van der Waals surface area contributed by atoms with E-state index in [0.29, 0.717) is 22.9 Å². The molecular weight excluding hydrogens is 403 g/mol. The summed E-state index contributed by atoms with van der Waals surface area (Å²) in [6.07, 6.45) is -0.706. The Hall–Kier alpha value is -1.84. The summed E-state index contributed by atoms with van der Waals surface area (Å²) in [4.78, 5) is 18.4. The van der Waals surface area contributed by atoms with Gasteiger partial charge in [-0.05, 0) is 13.8 Å². The average molecular weight is 432 g/mol. The molecule has 11 heteroatoms. The van der Waals surface area contributed by atoms with E-state index in [1.165, 1.54) is 26.4 Å². The summed E-state index contributed by atoms with van der Waals surface area (Å²) in [6, 6.07) is 3.22. The van der Waals surface area contributed by atoms with Crippen LogP contribution < -0.4 is 19.5 Å². The van der Waals surface area contributed by atoms with Crippen LogP contribution in [0.1, 0.15) is 20.3 Å². The minimum atomic E-state index is -3.45. The first-order valence-electron chi connectivity index (χ1n) is 9.22. The van der Waals surface area contributed by atoms with Crippen LogP contribution in [0.5, 0.6) is 17.2 Å². The number of carbonyl (C=O) groups excluding carboxylic acids is 1. The maximum atomic E-state index is 13.0. The van der Waals surface area contributed by atoms with Crippen molar-refractivity contribution in [2.45, 2.75) is 32.2 Å². The largest absolute Gasteiger partial charge is 0.493 e. The van der Waals surface area contributed by atoms with Crippen molar-refractivity contribution in [2.24, 2.45) is 0 Å². The molecule has 1 amide bonds. The summed E-state index contributed by atoms with van der Waals surface area (Å²) in [5, 5.41) is 4.13. The number of amides is 1. The average Bonchev–Trinajstić information content (AvgIpc) is 3.10. The SMILES string of the molecule is CCOP(=O)(OCC)[C@H]1C[C@H](C(=O)Nc2cc(OC)c(OC)c(OC)c2)ON1C. The highest BCUT2D eigenvalue weighted by atomic mass is 31.2. The molecule has 1 fully saturated rings. The van der Waals surface area contributed by atoms with Gasteiger partial charge in [0.2, 0.25) is 5.75 Å². The third-order valence-corrected chi connectivity index (χ3v) is 6.85. The Morgan fingerprint density at radius 2 is 1.69 bits per heavy atom. The molecule has 0 unspecified atom stereocenters. The standard InChI is InChI=1S/C18H29N2O8P/c1-7-26-29(22,27-8-2)16-11-15(28-20(16)3)18(21)19-12-9-13(23-4)17(25-6)14(10-12)24-5/h9-10,15-16H,7-8,11H2,1-6H3,(H,19,21)/t15-,16+/m1/s1. The third-order valence-electron chi connectivity index (χ3n) is 4.35. The normalized spacial score (nSPS) is 19.8. The molecule has 1 saturated heterocycles. The molecule has 1 aliphatic rings. The number of anilines is 1. The van der Waals surface area contributed by atoms with Crippen molar-refractivity contribution in [1.29, 1.82) is 0 Å². The maximum Gasteiger partial charge on any atom is 0.350 e. The van der Waals surface area contributed by atoms with Crippen LogP contribution in [0.2, 0.25) is 0 Å². The first-order chi connectivity index (χ1) is 13.8. The number of methoxy groups -OCH3 is 3. The molecule has 1 heterocycles. The fourth-order valence-corrected chi connectivity index (χ4v) is 5.12. The topological polar surface area (TPSA) is 105 Å². The summed E-state index contributed by atoms with van der Waals surface area (Å²) in [5.74, 6) is 0.133. The van der Waals surface area contributed by atoms with E-state index in [0.717, 1.165) is 0 Å². The van der Waals surface area contributed by atoms with Gasteiger partial charge in [-0.1, -0.05) is 0 Å². The number of nitrogens with one attached hydrogen (secondary N) is 1. The van der Waals surface area contributed by atoms with Crippen molar-refractivity contribution in [2.75, 3.05) is 46.9 Å². The molecule has 1 aromatic carbocycles. The van der Waals surface area contributed by atoms with Gasteiger partial charge in [0.15, 0.2) is 17.6 Å². The quantitative estimate of drug-likeness (QED) is 0.559. The number of benzene rings is 1. The Kier molecular flexibility index (Phi) is 8.30. The van der Waals surface area contributed by atoms with Crippen LogP contribution in [0.3, 0.4) is 0 Å². The number of rotatable bonds is 10. The third kappa shape index (κ3) is 5.21. The van der Waals surface area contributed by atoms with Crippen molar-refractivity contribution >= 4 is 19.2 Å². The van der Waals surface area contributed by atoms with Gasteiger partial charge in [-0.15, -0.1) is 0 Å². The molecule has 0 aromatic heterocycles. The molecule has 0 saturated carbocycles. The predicted octanol–water partition coefficient (Wildman–Crippen LogP) is 2.88. The molecule has 0 radical (unpaired) electrons. The Morgan fingerprint density at radius 1 is 1.14 bits per heavy atom. The van der Waals surface area contributed by atoms with Crippen molar-refractivity contribution in [3.8, 4) is 17.2 Å². The van der Waals surface area contributed by atoms with Gasteiger partial charge < -0.3 is 28.6 Å². The minimum absolute atomic E-state index is 0.157. The van der Waals surface area contributed by atoms with Crippen LogP contribution in [0.4, 0.5) is 5.69 Å². The smallest absolute Gasteiger partial charge is 0.350 e. The summed E-state index contributed by atoms with van der Waals surface area (Å²) in [7, 11) is 2.62. The summed E-state index contributed by atoms with van der Waals surface area (Å²) in [5.41, 5.74) is 0.442. The molecule has 1 aromatic rings. The van der Waals surface area contributed by atoms with Gasteiger partial charge in [-0.3, -0.25) is 14.2 Å². The molecular formula is C18H29N2O8P. The van der Waals surface area contributed by atoms with Gasteiger partial charge in [0.05, 0.1) is 34.5 Å². The second-order valence-corrected chi connectivity index (χ2v) is 8.33. The lowest BCUT2D eigenvalue weighted by Crippen LogP contribution is -2.28.